The van der Waals surface area contributed by atoms with Crippen molar-refractivity contribution >= 4 is 17.7 Å². The summed E-state index contributed by atoms with van der Waals surface area (Å²) >= 11 is 0. The van der Waals surface area contributed by atoms with E-state index in [1.807, 2.05) is 39.0 Å². The van der Waals surface area contributed by atoms with Crippen LogP contribution in [0.2, 0.25) is 0 Å². The molecule has 0 radical (unpaired) electrons. The summed E-state index contributed by atoms with van der Waals surface area (Å²) in [6, 6.07) is 8.16. The summed E-state index contributed by atoms with van der Waals surface area (Å²) in [5, 5.41) is 9.47. The van der Waals surface area contributed by atoms with Gasteiger partial charge >= 0.3 is 5.97 Å². The van der Waals surface area contributed by atoms with E-state index in [2.05, 4.69) is 0 Å². The Hall–Kier alpha value is -3.22. The third kappa shape index (κ3) is 5.47. The summed E-state index contributed by atoms with van der Waals surface area (Å²) < 4.78 is 20.8. The summed E-state index contributed by atoms with van der Waals surface area (Å²) in [5.41, 5.74) is 2.72. The number of hydrogen-bond acceptors (Lipinski definition) is 4. The van der Waals surface area contributed by atoms with Crippen LogP contribution in [-0.2, 0) is 39.1 Å². The van der Waals surface area contributed by atoms with E-state index in [4.69, 9.17) is 4.74 Å². The Kier molecular flexibility index (Phi) is 7.69. The molecule has 0 spiro atoms. The molecule has 6 nitrogen and oxygen atoms in total. The molecule has 7 heteroatoms. The lowest BCUT2D eigenvalue weighted by Gasteiger charge is -2.37. The lowest BCUT2D eigenvalue weighted by Crippen LogP contribution is -2.44. The minimum absolute atomic E-state index is 0.00630. The number of aryl methyl sites for hydroxylation is 1. The lowest BCUT2D eigenvalue weighted by atomic mass is 9.84. The number of benzene rings is 2. The van der Waals surface area contributed by atoms with Gasteiger partial charge in [0.1, 0.15) is 17.6 Å². The van der Waals surface area contributed by atoms with Gasteiger partial charge in [-0.3, -0.25) is 14.4 Å². The number of fused-ring (bicyclic) bond motifs is 2. The number of nitrogens with zero attached hydrogens (tertiary/aromatic N) is 1. The molecule has 1 atom stereocenters. The van der Waals surface area contributed by atoms with Gasteiger partial charge in [-0.05, 0) is 97.9 Å². The van der Waals surface area contributed by atoms with Crippen molar-refractivity contribution < 1.29 is 28.6 Å². The Balaban J connectivity index is 1.64. The normalized spacial score (nSPS) is 18.1. The maximum Gasteiger partial charge on any atom is 0.309 e. The van der Waals surface area contributed by atoms with Crippen molar-refractivity contribution in [2.24, 2.45) is 5.41 Å². The van der Waals surface area contributed by atoms with Crippen LogP contribution in [0.3, 0.4) is 0 Å². The molecule has 1 aliphatic carbocycles. The maximum absolute atomic E-state index is 15.1. The van der Waals surface area contributed by atoms with Crippen LogP contribution in [0.25, 0.3) is 0 Å². The van der Waals surface area contributed by atoms with E-state index in [0.29, 0.717) is 30.9 Å². The third-order valence-corrected chi connectivity index (χ3v) is 8.13. The van der Waals surface area contributed by atoms with Crippen LogP contribution < -0.4 is 4.74 Å². The van der Waals surface area contributed by atoms with E-state index in [0.717, 1.165) is 35.1 Å². The minimum Gasteiger partial charge on any atom is -0.494 e. The molecular weight excluding hydrogens is 485 g/mol. The van der Waals surface area contributed by atoms with E-state index < -0.39 is 17.4 Å². The van der Waals surface area contributed by atoms with Crippen molar-refractivity contribution in [1.82, 2.24) is 4.90 Å². The fraction of sp³-hybridized carbons (Fsp3) is 0.516. The zero-order valence-corrected chi connectivity index (χ0v) is 23.0. The number of ether oxygens (including phenoxy) is 1. The Morgan fingerprint density at radius 1 is 1.13 bits per heavy atom. The van der Waals surface area contributed by atoms with Gasteiger partial charge in [0.15, 0.2) is 5.78 Å². The number of carbonyl (C=O) groups is 3. The molecule has 0 bridgehead atoms. The van der Waals surface area contributed by atoms with Gasteiger partial charge < -0.3 is 14.7 Å². The smallest absolute Gasteiger partial charge is 0.309 e. The number of rotatable bonds is 9. The highest BCUT2D eigenvalue weighted by Crippen LogP contribution is 2.41. The van der Waals surface area contributed by atoms with Crippen molar-refractivity contribution in [3.05, 3.63) is 64.0 Å². The maximum atomic E-state index is 15.1. The number of ketones is 1. The van der Waals surface area contributed by atoms with Crippen LogP contribution in [0.1, 0.15) is 87.7 Å². The predicted octanol–water partition coefficient (Wildman–Crippen LogP) is 5.58. The van der Waals surface area contributed by atoms with Gasteiger partial charge in [-0.15, -0.1) is 0 Å². The third-order valence-electron chi connectivity index (χ3n) is 8.13. The highest BCUT2D eigenvalue weighted by Gasteiger charge is 2.38. The van der Waals surface area contributed by atoms with Gasteiger partial charge in [0.25, 0.3) is 0 Å². The molecule has 1 N–H and O–H groups in total. The molecule has 0 aromatic heterocycles. The van der Waals surface area contributed by atoms with Gasteiger partial charge in [0.05, 0.1) is 12.0 Å². The molecule has 1 amide bonds. The summed E-state index contributed by atoms with van der Waals surface area (Å²) in [5.74, 6) is -0.963. The topological polar surface area (TPSA) is 83.9 Å². The van der Waals surface area contributed by atoms with Crippen LogP contribution >= 0.6 is 0 Å². The molecule has 38 heavy (non-hydrogen) atoms. The number of carboxylic acid groups (broad SMARTS) is 1. The molecule has 2 aromatic carbocycles. The van der Waals surface area contributed by atoms with Gasteiger partial charge in [-0.1, -0.05) is 26.0 Å². The summed E-state index contributed by atoms with van der Waals surface area (Å²) in [6.45, 7) is 10.0. The number of aliphatic carboxylic acids is 1. The lowest BCUT2D eigenvalue weighted by molar-refractivity contribution is -0.148. The number of hydrogen-bond donors (Lipinski definition) is 1. The molecule has 0 saturated heterocycles. The van der Waals surface area contributed by atoms with E-state index in [1.54, 1.807) is 24.8 Å². The van der Waals surface area contributed by atoms with Crippen LogP contribution in [-0.4, -0.2) is 40.8 Å². The number of carboxylic acids is 1. The fourth-order valence-corrected chi connectivity index (χ4v) is 5.80. The van der Waals surface area contributed by atoms with E-state index >= 15 is 4.39 Å². The van der Waals surface area contributed by atoms with Crippen LogP contribution in [0.15, 0.2) is 30.3 Å². The SMILES string of the molecule is CCOc1ccc2c(c1)CCN(C(=O)CCC(C)(C)C(=O)O)[C@H]2C(=O)Cc1cc(F)c2c(c1)CCC2(C)C. The number of amides is 1. The van der Waals surface area contributed by atoms with Crippen molar-refractivity contribution in [2.75, 3.05) is 13.2 Å². The first-order chi connectivity index (χ1) is 17.8. The van der Waals surface area contributed by atoms with Gasteiger partial charge in [-0.25, -0.2) is 4.39 Å². The quantitative estimate of drug-likeness (QED) is 0.464. The first-order valence-electron chi connectivity index (χ1n) is 13.5. The zero-order valence-electron chi connectivity index (χ0n) is 23.0. The minimum atomic E-state index is -1.05. The molecule has 0 saturated carbocycles. The molecule has 2 aliphatic rings. The predicted molar refractivity (Wildman–Crippen MR) is 143 cm³/mol. The van der Waals surface area contributed by atoms with E-state index in [1.165, 1.54) is 6.07 Å². The van der Waals surface area contributed by atoms with Gasteiger partial charge in [-0.2, -0.15) is 0 Å². The first kappa shape index (κ1) is 27.8. The Labute approximate surface area is 224 Å². The number of carbonyl (C=O) groups excluding carboxylic acids is 2. The van der Waals surface area contributed by atoms with Crippen LogP contribution in [0, 0.1) is 11.2 Å². The highest BCUT2D eigenvalue weighted by atomic mass is 19.1. The molecule has 1 aliphatic heterocycles. The van der Waals surface area contributed by atoms with Crippen molar-refractivity contribution in [3.8, 4) is 5.75 Å². The molecule has 4 rings (SSSR count). The monoisotopic (exact) mass is 523 g/mol. The average molecular weight is 524 g/mol. The molecule has 1 heterocycles. The van der Waals surface area contributed by atoms with Crippen molar-refractivity contribution in [1.29, 1.82) is 0 Å². The fourth-order valence-electron chi connectivity index (χ4n) is 5.80. The highest BCUT2D eigenvalue weighted by molar-refractivity contribution is 5.92. The summed E-state index contributed by atoms with van der Waals surface area (Å²) in [4.78, 5) is 40.4. The number of halogens is 1. The second-order valence-electron chi connectivity index (χ2n) is 11.9. The molecule has 0 unspecified atom stereocenters. The van der Waals surface area contributed by atoms with E-state index in [-0.39, 0.29) is 42.2 Å². The molecule has 2 aromatic rings. The van der Waals surface area contributed by atoms with Crippen molar-refractivity contribution in [2.45, 2.75) is 84.6 Å². The first-order valence-corrected chi connectivity index (χ1v) is 13.5. The Morgan fingerprint density at radius 2 is 1.87 bits per heavy atom. The second kappa shape index (κ2) is 10.5. The Morgan fingerprint density at radius 3 is 2.55 bits per heavy atom. The Bertz CT molecular complexity index is 1270. The molecular formula is C31H38FNO5. The van der Waals surface area contributed by atoms with Crippen LogP contribution in [0.4, 0.5) is 4.39 Å². The number of Topliss-reactive ketones (excluding diaryl/α,β-unsaturated/α-hetero) is 1. The largest absolute Gasteiger partial charge is 0.494 e. The second-order valence-corrected chi connectivity index (χ2v) is 11.9. The van der Waals surface area contributed by atoms with Gasteiger partial charge in [0.2, 0.25) is 5.91 Å². The average Bonchev–Trinajstić information content (AvgIpc) is 3.16. The van der Waals surface area contributed by atoms with E-state index in [9.17, 15) is 19.5 Å². The van der Waals surface area contributed by atoms with Crippen LogP contribution in [0.5, 0.6) is 5.75 Å². The standard InChI is InChI=1S/C31H38FNO5/c1-6-38-22-7-8-23-20(18-22)11-14-33(26(35)10-13-31(4,5)29(36)37)28(23)25(34)17-19-15-21-9-12-30(2,3)27(21)24(32)16-19/h7-8,15-16,18,28H,6,9-14,17H2,1-5H3,(H,36,37)/t28-/m1/s1. The summed E-state index contributed by atoms with van der Waals surface area (Å²) in [7, 11) is 0. The molecule has 204 valence electrons. The summed E-state index contributed by atoms with van der Waals surface area (Å²) in [6.07, 6.45) is 2.41. The van der Waals surface area contributed by atoms with Gasteiger partial charge in [0, 0.05) is 19.4 Å². The van der Waals surface area contributed by atoms with Crippen molar-refractivity contribution in [3.63, 3.8) is 0 Å². The molecule has 0 fully saturated rings. The zero-order chi connectivity index (χ0) is 27.8.